The maximum Gasteiger partial charge on any atom is 0.243 e. The fraction of sp³-hybridized carbons (Fsp3) is 0.286. The zero-order chi connectivity index (χ0) is 24.5. The first-order valence-corrected chi connectivity index (χ1v) is 11.5. The van der Waals surface area contributed by atoms with Gasteiger partial charge in [-0.1, -0.05) is 73.7 Å². The average Bonchev–Trinajstić information content (AvgIpc) is 2.84. The number of benzene rings is 3. The van der Waals surface area contributed by atoms with E-state index in [2.05, 4.69) is 5.32 Å². The summed E-state index contributed by atoms with van der Waals surface area (Å²) < 4.78 is 28.9. The number of carbonyl (C=O) groups is 2. The van der Waals surface area contributed by atoms with Gasteiger partial charge in [0, 0.05) is 24.6 Å². The largest absolute Gasteiger partial charge is 0.352 e. The highest BCUT2D eigenvalue weighted by Gasteiger charge is 2.31. The molecule has 1 N–H and O–H groups in total. The number of nitrogens with one attached hydrogen (secondary N) is 1. The van der Waals surface area contributed by atoms with Crippen molar-refractivity contribution >= 4 is 11.8 Å². The Kier molecular flexibility index (Phi) is 8.91. The number of hydrogen-bond donors (Lipinski definition) is 1. The first kappa shape index (κ1) is 25.1. The summed E-state index contributed by atoms with van der Waals surface area (Å²) in [6.45, 7) is 3.74. The fourth-order valence-corrected chi connectivity index (χ4v) is 3.71. The first-order chi connectivity index (χ1) is 16.4. The predicted molar refractivity (Wildman–Crippen MR) is 129 cm³/mol. The van der Waals surface area contributed by atoms with Crippen molar-refractivity contribution in [3.63, 3.8) is 0 Å². The highest BCUT2D eigenvalue weighted by atomic mass is 19.1. The molecule has 0 aromatic heterocycles. The average molecular weight is 465 g/mol. The van der Waals surface area contributed by atoms with Crippen molar-refractivity contribution in [3.8, 4) is 0 Å². The van der Waals surface area contributed by atoms with E-state index in [0.717, 1.165) is 12.0 Å². The highest BCUT2D eigenvalue weighted by molar-refractivity contribution is 5.89. The Labute approximate surface area is 199 Å². The van der Waals surface area contributed by atoms with Gasteiger partial charge in [0.2, 0.25) is 11.8 Å². The molecule has 0 heterocycles. The van der Waals surface area contributed by atoms with Crippen LogP contribution in [0.4, 0.5) is 8.78 Å². The van der Waals surface area contributed by atoms with Gasteiger partial charge in [0.05, 0.1) is 6.42 Å². The van der Waals surface area contributed by atoms with Crippen molar-refractivity contribution in [2.24, 2.45) is 0 Å². The minimum atomic E-state index is -0.893. The van der Waals surface area contributed by atoms with Crippen LogP contribution in [0.2, 0.25) is 0 Å². The molecule has 0 fully saturated rings. The molecule has 0 aliphatic rings. The quantitative estimate of drug-likeness (QED) is 0.456. The molecule has 2 atom stereocenters. The van der Waals surface area contributed by atoms with E-state index in [0.29, 0.717) is 5.56 Å². The summed E-state index contributed by atoms with van der Waals surface area (Å²) in [4.78, 5) is 28.3. The Morgan fingerprint density at radius 2 is 1.41 bits per heavy atom. The van der Waals surface area contributed by atoms with Crippen molar-refractivity contribution in [1.82, 2.24) is 10.2 Å². The molecule has 0 radical (unpaired) electrons. The number of amides is 2. The smallest absolute Gasteiger partial charge is 0.243 e. The van der Waals surface area contributed by atoms with Crippen molar-refractivity contribution in [3.05, 3.63) is 107 Å². The van der Waals surface area contributed by atoms with Crippen molar-refractivity contribution in [2.45, 2.75) is 51.7 Å². The summed E-state index contributed by atoms with van der Waals surface area (Å²) in [7, 11) is 0. The van der Waals surface area contributed by atoms with Gasteiger partial charge in [-0.05, 0) is 36.6 Å². The minimum absolute atomic E-state index is 0.0947. The van der Waals surface area contributed by atoms with Crippen LogP contribution in [0.15, 0.2) is 78.9 Å². The molecule has 6 heteroatoms. The number of halogens is 2. The molecule has 0 unspecified atom stereocenters. The van der Waals surface area contributed by atoms with Crippen LogP contribution in [-0.2, 0) is 29.0 Å². The maximum atomic E-state index is 14.6. The molecule has 0 bridgehead atoms. The van der Waals surface area contributed by atoms with E-state index >= 15 is 0 Å². The lowest BCUT2D eigenvalue weighted by Gasteiger charge is -2.32. The van der Waals surface area contributed by atoms with Gasteiger partial charge >= 0.3 is 0 Å². The molecule has 0 spiro atoms. The van der Waals surface area contributed by atoms with E-state index in [1.165, 1.54) is 17.0 Å². The number of rotatable bonds is 10. The van der Waals surface area contributed by atoms with Crippen LogP contribution in [0.3, 0.4) is 0 Å². The van der Waals surface area contributed by atoms with Gasteiger partial charge in [-0.15, -0.1) is 0 Å². The molecular formula is C28H30F2N2O2. The lowest BCUT2D eigenvalue weighted by Crippen LogP contribution is -2.52. The van der Waals surface area contributed by atoms with E-state index in [1.807, 2.05) is 44.2 Å². The molecule has 3 aromatic carbocycles. The van der Waals surface area contributed by atoms with E-state index in [9.17, 15) is 18.4 Å². The Hall–Kier alpha value is -3.54. The topological polar surface area (TPSA) is 49.4 Å². The third-order valence-corrected chi connectivity index (χ3v) is 5.87. The maximum absolute atomic E-state index is 14.6. The minimum Gasteiger partial charge on any atom is -0.352 e. The Morgan fingerprint density at radius 1 is 0.853 bits per heavy atom. The van der Waals surface area contributed by atoms with Crippen LogP contribution in [0.1, 0.15) is 37.0 Å². The zero-order valence-corrected chi connectivity index (χ0v) is 19.5. The molecular weight excluding hydrogens is 434 g/mol. The Morgan fingerprint density at radius 3 is 2.00 bits per heavy atom. The second-order valence-electron chi connectivity index (χ2n) is 8.40. The van der Waals surface area contributed by atoms with Gasteiger partial charge in [-0.3, -0.25) is 9.59 Å². The number of nitrogens with zero attached hydrogens (tertiary/aromatic N) is 1. The zero-order valence-electron chi connectivity index (χ0n) is 19.5. The summed E-state index contributed by atoms with van der Waals surface area (Å²) >= 11 is 0. The van der Waals surface area contributed by atoms with Crippen LogP contribution in [0.5, 0.6) is 0 Å². The number of hydrogen-bond acceptors (Lipinski definition) is 2. The summed E-state index contributed by atoms with van der Waals surface area (Å²) in [6, 6.07) is 20.6. The summed E-state index contributed by atoms with van der Waals surface area (Å²) in [5.74, 6) is -1.73. The van der Waals surface area contributed by atoms with Crippen molar-refractivity contribution < 1.29 is 18.4 Å². The molecule has 3 rings (SSSR count). The SMILES string of the molecule is CC[C@H](C)NC(=O)[C@@H](Cc1ccccc1)N(Cc1ccccc1F)C(=O)Cc1ccccc1F. The van der Waals surface area contributed by atoms with Crippen LogP contribution >= 0.6 is 0 Å². The van der Waals surface area contributed by atoms with Gasteiger partial charge < -0.3 is 10.2 Å². The van der Waals surface area contributed by atoms with Crippen LogP contribution in [0.25, 0.3) is 0 Å². The Balaban J connectivity index is 2.00. The van der Waals surface area contributed by atoms with Gasteiger partial charge in [0.25, 0.3) is 0 Å². The molecule has 178 valence electrons. The van der Waals surface area contributed by atoms with E-state index < -0.39 is 23.6 Å². The van der Waals surface area contributed by atoms with Gasteiger partial charge in [0.15, 0.2) is 0 Å². The van der Waals surface area contributed by atoms with Crippen LogP contribution in [-0.4, -0.2) is 28.8 Å². The second kappa shape index (κ2) is 12.1. The summed E-state index contributed by atoms with van der Waals surface area (Å²) in [6.07, 6.45) is 0.740. The van der Waals surface area contributed by atoms with E-state index in [1.54, 1.807) is 36.4 Å². The van der Waals surface area contributed by atoms with Crippen molar-refractivity contribution in [2.75, 3.05) is 0 Å². The third kappa shape index (κ3) is 6.73. The third-order valence-electron chi connectivity index (χ3n) is 5.87. The van der Waals surface area contributed by atoms with Gasteiger partial charge in [-0.2, -0.15) is 0 Å². The first-order valence-electron chi connectivity index (χ1n) is 11.5. The highest BCUT2D eigenvalue weighted by Crippen LogP contribution is 2.19. The molecule has 0 aliphatic heterocycles. The second-order valence-corrected chi connectivity index (χ2v) is 8.40. The monoisotopic (exact) mass is 464 g/mol. The predicted octanol–water partition coefficient (Wildman–Crippen LogP) is 5.06. The molecule has 3 aromatic rings. The van der Waals surface area contributed by atoms with Crippen LogP contribution in [0, 0.1) is 11.6 Å². The van der Waals surface area contributed by atoms with Crippen molar-refractivity contribution in [1.29, 1.82) is 0 Å². The van der Waals surface area contributed by atoms with Gasteiger partial charge in [-0.25, -0.2) is 8.78 Å². The summed E-state index contributed by atoms with van der Waals surface area (Å²) in [5.41, 5.74) is 1.38. The van der Waals surface area contributed by atoms with E-state index in [4.69, 9.17) is 0 Å². The van der Waals surface area contributed by atoms with E-state index in [-0.39, 0.29) is 36.9 Å². The Bertz CT molecular complexity index is 1100. The van der Waals surface area contributed by atoms with Crippen LogP contribution < -0.4 is 5.32 Å². The lowest BCUT2D eigenvalue weighted by molar-refractivity contribution is -0.141. The molecule has 0 saturated carbocycles. The molecule has 2 amide bonds. The normalized spacial score (nSPS) is 12.6. The number of carbonyl (C=O) groups excluding carboxylic acids is 2. The standard InChI is InChI=1S/C28H30F2N2O2/c1-3-20(2)31-28(34)26(17-21-11-5-4-6-12-21)32(19-23-14-8-10-16-25(23)30)27(33)18-22-13-7-9-15-24(22)29/h4-16,20,26H,3,17-19H2,1-2H3,(H,31,34)/t20-,26+/m0/s1. The molecule has 4 nitrogen and oxygen atoms in total. The lowest BCUT2D eigenvalue weighted by atomic mass is 10.0. The summed E-state index contributed by atoms with van der Waals surface area (Å²) in [5, 5.41) is 2.96. The molecule has 34 heavy (non-hydrogen) atoms. The van der Waals surface area contributed by atoms with Gasteiger partial charge in [0.1, 0.15) is 17.7 Å². The molecule has 0 saturated heterocycles. The fourth-order valence-electron chi connectivity index (χ4n) is 3.71. The molecule has 0 aliphatic carbocycles.